The summed E-state index contributed by atoms with van der Waals surface area (Å²) < 4.78 is 0.586. The highest BCUT2D eigenvalue weighted by Gasteiger charge is 2.30. The van der Waals surface area contributed by atoms with Crippen molar-refractivity contribution in [3.05, 3.63) is 11.1 Å². The van der Waals surface area contributed by atoms with Crippen molar-refractivity contribution in [1.29, 1.82) is 0 Å². The van der Waals surface area contributed by atoms with Gasteiger partial charge in [0, 0.05) is 4.48 Å². The molecule has 0 radical (unpaired) electrons. The minimum atomic E-state index is -1.97. The number of hydrogen-bond donors (Lipinski definition) is 4. The summed E-state index contributed by atoms with van der Waals surface area (Å²) in [4.78, 5) is 21.5. The lowest BCUT2D eigenvalue weighted by atomic mass is 10.1. The first-order valence-electron chi connectivity index (χ1n) is 4.06. The zero-order chi connectivity index (χ0) is 12.1. The molecule has 7 heteroatoms. The van der Waals surface area contributed by atoms with Gasteiger partial charge in [-0.2, -0.15) is 0 Å². The number of carbonyl (C=O) groups is 2. The van der Waals surface area contributed by atoms with Crippen LogP contribution in [0.3, 0.4) is 0 Å². The van der Waals surface area contributed by atoms with Gasteiger partial charge in [0.05, 0.1) is 13.1 Å². The van der Waals surface area contributed by atoms with Crippen LogP contribution in [0.2, 0.25) is 0 Å². The molecule has 0 aliphatic carbocycles. The maximum atomic E-state index is 11.0. The average Bonchev–Trinajstić information content (AvgIpc) is 2.11. The minimum absolute atomic E-state index is 0.223. The fraction of sp³-hybridized carbons (Fsp3) is 0.500. The first kappa shape index (κ1) is 13.9. The van der Waals surface area contributed by atoms with Crippen LogP contribution in [0.15, 0.2) is 11.1 Å². The Kier molecular flexibility index (Phi) is 5.31. The van der Waals surface area contributed by atoms with Gasteiger partial charge >= 0.3 is 12.0 Å². The number of nitrogens with one attached hydrogen (secondary N) is 2. The van der Waals surface area contributed by atoms with Crippen LogP contribution in [0.4, 0.5) is 4.79 Å². The molecule has 6 nitrogen and oxygen atoms in total. The summed E-state index contributed by atoms with van der Waals surface area (Å²) in [5.41, 5.74) is -1.97. The van der Waals surface area contributed by atoms with E-state index in [1.165, 1.54) is 0 Å². The van der Waals surface area contributed by atoms with Gasteiger partial charge in [-0.25, -0.2) is 9.59 Å². The Hall–Kier alpha value is -1.08. The molecule has 0 spiro atoms. The zero-order valence-electron chi connectivity index (χ0n) is 8.21. The molecule has 0 rings (SSSR count). The van der Waals surface area contributed by atoms with Crippen LogP contribution in [0.5, 0.6) is 0 Å². The lowest BCUT2D eigenvalue weighted by Crippen LogP contribution is -2.49. The van der Waals surface area contributed by atoms with Gasteiger partial charge in [0.15, 0.2) is 5.60 Å². The van der Waals surface area contributed by atoms with E-state index in [-0.39, 0.29) is 13.1 Å². The highest BCUT2D eigenvalue weighted by atomic mass is 79.9. The zero-order valence-corrected chi connectivity index (χ0v) is 9.80. The van der Waals surface area contributed by atoms with E-state index in [1.54, 1.807) is 0 Å². The molecule has 4 N–H and O–H groups in total. The number of carboxylic acid groups (broad SMARTS) is 1. The standard InChI is InChI=1S/C8H13BrN2O4/c1-5(9)3-10-7(14)11-4-8(2,15)6(12)13/h15H,1,3-4H2,2H3,(H,12,13)(H2,10,11,14). The van der Waals surface area contributed by atoms with Crippen molar-refractivity contribution >= 4 is 27.9 Å². The molecular weight excluding hydrogens is 268 g/mol. The van der Waals surface area contributed by atoms with Crippen LogP contribution < -0.4 is 10.6 Å². The molecule has 0 aromatic carbocycles. The van der Waals surface area contributed by atoms with E-state index in [9.17, 15) is 14.7 Å². The summed E-state index contributed by atoms with van der Waals surface area (Å²) in [6.45, 7) is 4.44. The topological polar surface area (TPSA) is 98.7 Å². The largest absolute Gasteiger partial charge is 0.479 e. The van der Waals surface area contributed by atoms with Crippen molar-refractivity contribution in [2.24, 2.45) is 0 Å². The van der Waals surface area contributed by atoms with Crippen LogP contribution in [0, 0.1) is 0 Å². The lowest BCUT2D eigenvalue weighted by Gasteiger charge is -2.18. The Morgan fingerprint density at radius 2 is 2.00 bits per heavy atom. The summed E-state index contributed by atoms with van der Waals surface area (Å²) in [6, 6.07) is -0.572. The van der Waals surface area contributed by atoms with Gasteiger partial charge in [0.1, 0.15) is 0 Å². The monoisotopic (exact) mass is 280 g/mol. The maximum Gasteiger partial charge on any atom is 0.337 e. The smallest absolute Gasteiger partial charge is 0.337 e. The highest BCUT2D eigenvalue weighted by molar-refractivity contribution is 9.11. The predicted molar refractivity (Wildman–Crippen MR) is 57.7 cm³/mol. The Labute approximate surface area is 95.5 Å². The molecule has 0 aromatic rings. The van der Waals surface area contributed by atoms with Gasteiger partial charge in [0.25, 0.3) is 0 Å². The van der Waals surface area contributed by atoms with Crippen LogP contribution in [0.25, 0.3) is 0 Å². The number of aliphatic hydroxyl groups is 1. The molecule has 0 saturated heterocycles. The van der Waals surface area contributed by atoms with Crippen molar-refractivity contribution in [3.63, 3.8) is 0 Å². The van der Waals surface area contributed by atoms with Crippen LogP contribution >= 0.6 is 15.9 Å². The second kappa shape index (κ2) is 5.72. The second-order valence-corrected chi connectivity index (χ2v) is 4.25. The third kappa shape index (κ3) is 6.08. The molecule has 0 aliphatic rings. The van der Waals surface area contributed by atoms with E-state index in [4.69, 9.17) is 5.11 Å². The molecule has 0 heterocycles. The third-order valence-corrected chi connectivity index (χ3v) is 1.78. The van der Waals surface area contributed by atoms with E-state index in [0.29, 0.717) is 4.48 Å². The Morgan fingerprint density at radius 1 is 1.47 bits per heavy atom. The molecule has 0 aromatic heterocycles. The molecule has 0 bridgehead atoms. The molecule has 86 valence electrons. The second-order valence-electron chi connectivity index (χ2n) is 3.13. The summed E-state index contributed by atoms with van der Waals surface area (Å²) in [5, 5.41) is 22.4. The van der Waals surface area contributed by atoms with E-state index in [1.807, 2.05) is 0 Å². The molecular formula is C8H13BrN2O4. The molecule has 2 amide bonds. The fourth-order valence-corrected chi connectivity index (χ4v) is 0.707. The Balaban J connectivity index is 3.90. The number of rotatable bonds is 5. The van der Waals surface area contributed by atoms with Crippen molar-refractivity contribution in [3.8, 4) is 0 Å². The van der Waals surface area contributed by atoms with Crippen molar-refractivity contribution in [2.75, 3.05) is 13.1 Å². The Morgan fingerprint density at radius 3 is 2.40 bits per heavy atom. The van der Waals surface area contributed by atoms with Gasteiger partial charge < -0.3 is 20.8 Å². The van der Waals surface area contributed by atoms with E-state index in [0.717, 1.165) is 6.92 Å². The summed E-state index contributed by atoms with van der Waals surface area (Å²) in [5.74, 6) is -1.40. The summed E-state index contributed by atoms with van der Waals surface area (Å²) >= 11 is 3.04. The number of urea groups is 1. The quantitative estimate of drug-likeness (QED) is 0.571. The summed E-state index contributed by atoms with van der Waals surface area (Å²) in [7, 11) is 0. The third-order valence-electron chi connectivity index (χ3n) is 1.49. The number of carboxylic acids is 1. The predicted octanol–water partition coefficient (Wildman–Crippen LogP) is 0.0298. The number of hydrogen-bond acceptors (Lipinski definition) is 3. The lowest BCUT2D eigenvalue weighted by molar-refractivity contribution is -0.155. The van der Waals surface area contributed by atoms with E-state index < -0.39 is 17.6 Å². The maximum absolute atomic E-state index is 11.0. The van der Waals surface area contributed by atoms with E-state index in [2.05, 4.69) is 33.1 Å². The first-order valence-corrected chi connectivity index (χ1v) is 4.86. The van der Waals surface area contributed by atoms with Crippen molar-refractivity contribution < 1.29 is 19.8 Å². The van der Waals surface area contributed by atoms with Gasteiger partial charge in [-0.05, 0) is 6.92 Å². The van der Waals surface area contributed by atoms with Crippen LogP contribution in [-0.4, -0.2) is 40.9 Å². The van der Waals surface area contributed by atoms with Crippen LogP contribution in [-0.2, 0) is 4.79 Å². The molecule has 15 heavy (non-hydrogen) atoms. The van der Waals surface area contributed by atoms with Crippen LogP contribution in [0.1, 0.15) is 6.92 Å². The molecule has 1 unspecified atom stereocenters. The first-order chi connectivity index (χ1) is 6.75. The van der Waals surface area contributed by atoms with Gasteiger partial charge in [0.2, 0.25) is 0 Å². The number of halogens is 1. The summed E-state index contributed by atoms with van der Waals surface area (Å²) in [6.07, 6.45) is 0. The fourth-order valence-electron chi connectivity index (χ4n) is 0.567. The highest BCUT2D eigenvalue weighted by Crippen LogP contribution is 2.00. The number of amides is 2. The molecule has 1 atom stereocenters. The molecule has 0 saturated carbocycles. The molecule has 0 fully saturated rings. The Bertz CT molecular complexity index is 278. The normalized spacial score (nSPS) is 13.8. The van der Waals surface area contributed by atoms with Crippen molar-refractivity contribution in [1.82, 2.24) is 10.6 Å². The molecule has 0 aliphatic heterocycles. The number of carbonyl (C=O) groups excluding carboxylic acids is 1. The SMILES string of the molecule is C=C(Br)CNC(=O)NCC(C)(O)C(=O)O. The minimum Gasteiger partial charge on any atom is -0.479 e. The number of aliphatic carboxylic acids is 1. The van der Waals surface area contributed by atoms with E-state index >= 15 is 0 Å². The average molecular weight is 281 g/mol. The van der Waals surface area contributed by atoms with Gasteiger partial charge in [-0.15, -0.1) is 0 Å². The van der Waals surface area contributed by atoms with Gasteiger partial charge in [-0.1, -0.05) is 22.5 Å². The van der Waals surface area contributed by atoms with Gasteiger partial charge in [-0.3, -0.25) is 0 Å². The van der Waals surface area contributed by atoms with Crippen molar-refractivity contribution in [2.45, 2.75) is 12.5 Å².